The van der Waals surface area contributed by atoms with Crippen molar-refractivity contribution in [2.45, 2.75) is 39.7 Å². The van der Waals surface area contributed by atoms with Crippen LogP contribution in [0.25, 0.3) is 0 Å². The smallest absolute Gasteiger partial charge is 0.320 e. The van der Waals surface area contributed by atoms with Crippen molar-refractivity contribution in [2.75, 3.05) is 5.32 Å². The molecular weight excluding hydrogens is 296 g/mol. The number of pyridine rings is 1. The SMILES string of the molecule is Cc1cc(C)nc(NC(=O)N[C@@H](c2nc(C)cs2)C2CC2)c1. The van der Waals surface area contributed by atoms with Gasteiger partial charge in [0.05, 0.1) is 6.04 Å². The Bertz CT molecular complexity index is 673. The molecule has 22 heavy (non-hydrogen) atoms. The Kier molecular flexibility index (Phi) is 4.11. The van der Waals surface area contributed by atoms with Gasteiger partial charge in [0.15, 0.2) is 0 Å². The van der Waals surface area contributed by atoms with Crippen molar-refractivity contribution < 1.29 is 4.79 Å². The lowest BCUT2D eigenvalue weighted by Gasteiger charge is -2.16. The predicted molar refractivity (Wildman–Crippen MR) is 88.2 cm³/mol. The van der Waals surface area contributed by atoms with Crippen LogP contribution in [-0.2, 0) is 0 Å². The van der Waals surface area contributed by atoms with Crippen LogP contribution in [0.4, 0.5) is 10.6 Å². The van der Waals surface area contributed by atoms with Crippen LogP contribution in [0.15, 0.2) is 17.5 Å². The lowest BCUT2D eigenvalue weighted by Crippen LogP contribution is -2.34. The van der Waals surface area contributed by atoms with Gasteiger partial charge in [-0.25, -0.2) is 14.8 Å². The van der Waals surface area contributed by atoms with Crippen LogP contribution in [-0.4, -0.2) is 16.0 Å². The van der Waals surface area contributed by atoms with Gasteiger partial charge in [0, 0.05) is 16.8 Å². The maximum Gasteiger partial charge on any atom is 0.320 e. The molecule has 0 bridgehead atoms. The van der Waals surface area contributed by atoms with Gasteiger partial charge in [-0.1, -0.05) is 0 Å². The van der Waals surface area contributed by atoms with E-state index in [0.29, 0.717) is 11.7 Å². The second kappa shape index (κ2) is 6.04. The summed E-state index contributed by atoms with van der Waals surface area (Å²) in [5.74, 6) is 1.09. The fraction of sp³-hybridized carbons (Fsp3) is 0.438. The van der Waals surface area contributed by atoms with E-state index in [0.717, 1.165) is 34.8 Å². The molecule has 1 fully saturated rings. The molecule has 5 nitrogen and oxygen atoms in total. The number of nitrogens with one attached hydrogen (secondary N) is 2. The van der Waals surface area contributed by atoms with Gasteiger partial charge in [-0.15, -0.1) is 11.3 Å². The number of hydrogen-bond donors (Lipinski definition) is 2. The van der Waals surface area contributed by atoms with E-state index >= 15 is 0 Å². The van der Waals surface area contributed by atoms with Crippen molar-refractivity contribution in [3.05, 3.63) is 39.5 Å². The van der Waals surface area contributed by atoms with Gasteiger partial charge in [0.1, 0.15) is 10.8 Å². The molecule has 0 spiro atoms. The highest BCUT2D eigenvalue weighted by Gasteiger charge is 2.35. The van der Waals surface area contributed by atoms with Crippen LogP contribution >= 0.6 is 11.3 Å². The average molecular weight is 316 g/mol. The standard InChI is InChI=1S/C16H20N4OS/c1-9-6-10(2)17-13(7-9)19-16(21)20-14(12-4-5-12)15-18-11(3)8-22-15/h6-8,12,14H,4-5H2,1-3H3,(H2,17,19,20,21)/t14-/m1/s1. The summed E-state index contributed by atoms with van der Waals surface area (Å²) >= 11 is 1.61. The Balaban J connectivity index is 1.69. The molecule has 0 unspecified atom stereocenters. The van der Waals surface area contributed by atoms with E-state index in [1.165, 1.54) is 0 Å². The number of rotatable bonds is 4. The minimum absolute atomic E-state index is 0.00426. The zero-order chi connectivity index (χ0) is 15.7. The molecule has 1 saturated carbocycles. The predicted octanol–water partition coefficient (Wildman–Crippen LogP) is 3.74. The number of hydrogen-bond acceptors (Lipinski definition) is 4. The number of aromatic nitrogens is 2. The molecule has 0 aliphatic heterocycles. The fourth-order valence-corrected chi connectivity index (χ4v) is 3.46. The first kappa shape index (κ1) is 15.0. The van der Waals surface area contributed by atoms with Crippen molar-refractivity contribution >= 4 is 23.2 Å². The quantitative estimate of drug-likeness (QED) is 0.903. The highest BCUT2D eigenvalue weighted by atomic mass is 32.1. The highest BCUT2D eigenvalue weighted by Crippen LogP contribution is 2.41. The Labute approximate surface area is 134 Å². The summed E-state index contributed by atoms with van der Waals surface area (Å²) < 4.78 is 0. The molecule has 6 heteroatoms. The van der Waals surface area contributed by atoms with Crippen LogP contribution < -0.4 is 10.6 Å². The molecule has 1 aliphatic carbocycles. The molecule has 2 aromatic rings. The molecule has 0 radical (unpaired) electrons. The topological polar surface area (TPSA) is 66.9 Å². The van der Waals surface area contributed by atoms with E-state index in [2.05, 4.69) is 20.6 Å². The van der Waals surface area contributed by atoms with Gasteiger partial charge in [-0.2, -0.15) is 0 Å². The zero-order valence-electron chi connectivity index (χ0n) is 13.0. The Morgan fingerprint density at radius 1 is 1.23 bits per heavy atom. The molecule has 2 N–H and O–H groups in total. The van der Waals surface area contributed by atoms with E-state index in [4.69, 9.17) is 0 Å². The summed E-state index contributed by atoms with van der Waals surface area (Å²) in [7, 11) is 0. The minimum Gasteiger partial charge on any atom is -0.328 e. The number of carbonyl (C=O) groups excluding carboxylic acids is 1. The summed E-state index contributed by atoms with van der Waals surface area (Å²) in [6.45, 7) is 5.88. The summed E-state index contributed by atoms with van der Waals surface area (Å²) in [4.78, 5) is 21.1. The first-order valence-corrected chi connectivity index (χ1v) is 8.34. The zero-order valence-corrected chi connectivity index (χ0v) is 13.8. The minimum atomic E-state index is -0.220. The first-order chi connectivity index (χ1) is 10.5. The Morgan fingerprint density at radius 3 is 2.59 bits per heavy atom. The highest BCUT2D eigenvalue weighted by molar-refractivity contribution is 7.09. The van der Waals surface area contributed by atoms with E-state index in [9.17, 15) is 4.79 Å². The first-order valence-electron chi connectivity index (χ1n) is 7.46. The number of amides is 2. The molecule has 0 saturated heterocycles. The van der Waals surface area contributed by atoms with Gasteiger partial charge in [0.25, 0.3) is 0 Å². The lowest BCUT2D eigenvalue weighted by molar-refractivity contribution is 0.247. The molecule has 2 aromatic heterocycles. The number of anilines is 1. The third-order valence-corrected chi connectivity index (χ3v) is 4.67. The summed E-state index contributed by atoms with van der Waals surface area (Å²) in [5, 5.41) is 8.90. The number of carbonyl (C=O) groups is 1. The van der Waals surface area contributed by atoms with Gasteiger partial charge in [-0.05, 0) is 57.2 Å². The third kappa shape index (κ3) is 3.62. The molecule has 2 amide bonds. The Morgan fingerprint density at radius 2 is 2.00 bits per heavy atom. The van der Waals surface area contributed by atoms with E-state index in [-0.39, 0.29) is 12.1 Å². The van der Waals surface area contributed by atoms with Crippen LogP contribution in [0.5, 0.6) is 0 Å². The largest absolute Gasteiger partial charge is 0.328 e. The molecule has 116 valence electrons. The van der Waals surface area contributed by atoms with Gasteiger partial charge in [-0.3, -0.25) is 5.32 Å². The Hall–Kier alpha value is -1.95. The maximum absolute atomic E-state index is 12.3. The van der Waals surface area contributed by atoms with Gasteiger partial charge < -0.3 is 5.32 Å². The molecule has 1 atom stereocenters. The van der Waals surface area contributed by atoms with Crippen molar-refractivity contribution in [1.82, 2.24) is 15.3 Å². The average Bonchev–Trinajstić information content (AvgIpc) is 3.17. The van der Waals surface area contributed by atoms with Gasteiger partial charge >= 0.3 is 6.03 Å². The second-order valence-electron chi connectivity index (χ2n) is 5.91. The molecule has 0 aromatic carbocycles. The summed E-state index contributed by atoms with van der Waals surface area (Å²) in [6, 6.07) is 3.63. The van der Waals surface area contributed by atoms with Crippen LogP contribution in [0.3, 0.4) is 0 Å². The third-order valence-electron chi connectivity index (χ3n) is 3.62. The lowest BCUT2D eigenvalue weighted by atomic mass is 10.2. The van der Waals surface area contributed by atoms with Crippen LogP contribution in [0.2, 0.25) is 0 Å². The number of aryl methyl sites for hydroxylation is 3. The van der Waals surface area contributed by atoms with E-state index in [1.807, 2.05) is 38.3 Å². The molecule has 2 heterocycles. The van der Waals surface area contributed by atoms with Gasteiger partial charge in [0.2, 0.25) is 0 Å². The van der Waals surface area contributed by atoms with Crippen LogP contribution in [0, 0.1) is 26.7 Å². The van der Waals surface area contributed by atoms with Crippen LogP contribution in [0.1, 0.15) is 40.8 Å². The van der Waals surface area contributed by atoms with Crippen molar-refractivity contribution in [1.29, 1.82) is 0 Å². The van der Waals surface area contributed by atoms with Crippen molar-refractivity contribution in [3.63, 3.8) is 0 Å². The van der Waals surface area contributed by atoms with Crippen molar-refractivity contribution in [3.8, 4) is 0 Å². The van der Waals surface area contributed by atoms with E-state index in [1.54, 1.807) is 11.3 Å². The molecule has 1 aliphatic rings. The van der Waals surface area contributed by atoms with Crippen molar-refractivity contribution in [2.24, 2.45) is 5.92 Å². The number of thiazole rings is 1. The fourth-order valence-electron chi connectivity index (χ4n) is 2.52. The molecule has 3 rings (SSSR count). The van der Waals surface area contributed by atoms with E-state index < -0.39 is 0 Å². The summed E-state index contributed by atoms with van der Waals surface area (Å²) in [5.41, 5.74) is 2.98. The molecular formula is C16H20N4OS. The second-order valence-corrected chi connectivity index (χ2v) is 6.80. The number of nitrogens with zero attached hydrogens (tertiary/aromatic N) is 2. The monoisotopic (exact) mass is 316 g/mol. The maximum atomic E-state index is 12.3. The summed E-state index contributed by atoms with van der Waals surface area (Å²) in [6.07, 6.45) is 2.29. The normalized spacial score (nSPS) is 15.4. The number of urea groups is 1.